The van der Waals surface area contributed by atoms with Crippen molar-refractivity contribution in [3.8, 4) is 0 Å². The Kier molecular flexibility index (Phi) is 6.58. The van der Waals surface area contributed by atoms with Crippen molar-refractivity contribution >= 4 is 11.3 Å². The number of hydrogen-bond acceptors (Lipinski definition) is 4. The minimum absolute atomic E-state index is 0.117. The largest absolute Gasteiger partial charge is 0.395 e. The van der Waals surface area contributed by atoms with Gasteiger partial charge in [-0.25, -0.2) is 0 Å². The summed E-state index contributed by atoms with van der Waals surface area (Å²) in [7, 11) is 0. The van der Waals surface area contributed by atoms with Gasteiger partial charge >= 0.3 is 0 Å². The van der Waals surface area contributed by atoms with E-state index in [2.05, 4.69) is 29.6 Å². The molecule has 136 valence electrons. The molecule has 0 spiro atoms. The van der Waals surface area contributed by atoms with Gasteiger partial charge in [0, 0.05) is 17.3 Å². The fraction of sp³-hybridized carbons (Fsp3) is 0.273. The van der Waals surface area contributed by atoms with Gasteiger partial charge in [-0.2, -0.15) is 0 Å². The van der Waals surface area contributed by atoms with Crippen molar-refractivity contribution in [2.75, 3.05) is 13.2 Å². The molecule has 1 heterocycles. The molecule has 26 heavy (non-hydrogen) atoms. The lowest BCUT2D eigenvalue weighted by molar-refractivity contribution is 0.0923. The lowest BCUT2D eigenvalue weighted by Crippen LogP contribution is -2.40. The van der Waals surface area contributed by atoms with Crippen LogP contribution in [0.5, 0.6) is 0 Å². The topological polar surface area (TPSA) is 52.5 Å². The first-order valence-electron chi connectivity index (χ1n) is 8.86. The van der Waals surface area contributed by atoms with Gasteiger partial charge in [-0.1, -0.05) is 60.7 Å². The number of rotatable bonds is 8. The SMILES string of the molecule is Cc1csc([C@@H](O)[C@H](CO)NCC(c2ccccc2)c2ccccc2)c1. The molecule has 0 unspecified atom stereocenters. The minimum atomic E-state index is -0.717. The zero-order valence-corrected chi connectivity index (χ0v) is 15.7. The third-order valence-corrected chi connectivity index (χ3v) is 5.73. The molecule has 0 bridgehead atoms. The minimum Gasteiger partial charge on any atom is -0.395 e. The first-order valence-corrected chi connectivity index (χ1v) is 9.74. The second kappa shape index (κ2) is 9.10. The van der Waals surface area contributed by atoms with Gasteiger partial charge in [-0.05, 0) is 35.1 Å². The molecule has 3 rings (SSSR count). The molecular weight excluding hydrogens is 342 g/mol. The molecule has 0 aliphatic carbocycles. The standard InChI is InChI=1S/C22H25NO2S/c1-16-12-21(26-15-16)22(25)20(14-24)23-13-19(17-8-4-2-5-9-17)18-10-6-3-7-11-18/h2-12,15,19-20,22-25H,13-14H2,1H3/t20-,22-/m0/s1. The maximum Gasteiger partial charge on any atom is 0.106 e. The predicted molar refractivity (Wildman–Crippen MR) is 108 cm³/mol. The Balaban J connectivity index is 1.76. The summed E-state index contributed by atoms with van der Waals surface area (Å²) < 4.78 is 0. The molecule has 0 aliphatic heterocycles. The van der Waals surface area contributed by atoms with Crippen molar-refractivity contribution in [2.45, 2.75) is 25.0 Å². The number of aliphatic hydroxyl groups is 2. The maximum absolute atomic E-state index is 10.6. The van der Waals surface area contributed by atoms with Gasteiger partial charge in [0.25, 0.3) is 0 Å². The normalized spacial score (nSPS) is 13.7. The number of aryl methyl sites for hydroxylation is 1. The lowest BCUT2D eigenvalue weighted by Gasteiger charge is -2.25. The van der Waals surface area contributed by atoms with Gasteiger partial charge in [-0.3, -0.25) is 0 Å². The van der Waals surface area contributed by atoms with E-state index in [9.17, 15) is 10.2 Å². The van der Waals surface area contributed by atoms with Gasteiger partial charge < -0.3 is 15.5 Å². The number of thiophene rings is 1. The average molecular weight is 368 g/mol. The smallest absolute Gasteiger partial charge is 0.106 e. The summed E-state index contributed by atoms with van der Waals surface area (Å²) in [5, 5.41) is 25.8. The van der Waals surface area contributed by atoms with E-state index in [1.165, 1.54) is 22.5 Å². The van der Waals surface area contributed by atoms with Crippen LogP contribution in [0.15, 0.2) is 72.1 Å². The molecule has 3 aromatic rings. The van der Waals surface area contributed by atoms with Crippen LogP contribution in [0.2, 0.25) is 0 Å². The molecule has 0 aliphatic rings. The highest BCUT2D eigenvalue weighted by atomic mass is 32.1. The van der Waals surface area contributed by atoms with E-state index in [-0.39, 0.29) is 12.5 Å². The van der Waals surface area contributed by atoms with Crippen molar-refractivity contribution < 1.29 is 10.2 Å². The number of benzene rings is 2. The quantitative estimate of drug-likeness (QED) is 0.566. The third-order valence-electron chi connectivity index (χ3n) is 4.61. The van der Waals surface area contributed by atoms with Gasteiger partial charge in [-0.15, -0.1) is 11.3 Å². The summed E-state index contributed by atoms with van der Waals surface area (Å²) in [5.74, 6) is 0.156. The molecule has 2 aromatic carbocycles. The van der Waals surface area contributed by atoms with Crippen molar-refractivity contribution in [3.63, 3.8) is 0 Å². The first-order chi connectivity index (χ1) is 12.7. The average Bonchev–Trinajstić information content (AvgIpc) is 3.13. The van der Waals surface area contributed by atoms with E-state index in [4.69, 9.17) is 0 Å². The maximum atomic E-state index is 10.6. The van der Waals surface area contributed by atoms with E-state index in [1.807, 2.05) is 54.8 Å². The second-order valence-corrected chi connectivity index (χ2v) is 7.49. The Bertz CT molecular complexity index is 749. The predicted octanol–water partition coefficient (Wildman–Crippen LogP) is 3.87. The van der Waals surface area contributed by atoms with E-state index < -0.39 is 12.1 Å². The first kappa shape index (κ1) is 18.8. The van der Waals surface area contributed by atoms with E-state index in [0.717, 1.165) is 10.4 Å². The summed E-state index contributed by atoms with van der Waals surface area (Å²) in [6.07, 6.45) is -0.717. The van der Waals surface area contributed by atoms with Gasteiger partial charge in [0.05, 0.1) is 12.6 Å². The second-order valence-electron chi connectivity index (χ2n) is 6.54. The molecule has 3 N–H and O–H groups in total. The molecule has 0 fully saturated rings. The summed E-state index contributed by atoms with van der Waals surface area (Å²) in [4.78, 5) is 0.880. The molecule has 0 radical (unpaired) electrons. The lowest BCUT2D eigenvalue weighted by atomic mass is 9.91. The Morgan fingerprint density at radius 3 is 2.00 bits per heavy atom. The monoisotopic (exact) mass is 367 g/mol. The third kappa shape index (κ3) is 4.59. The van der Waals surface area contributed by atoms with Gasteiger partial charge in [0.15, 0.2) is 0 Å². The Labute approximate surface area is 159 Å². The highest BCUT2D eigenvalue weighted by Gasteiger charge is 2.23. The Morgan fingerprint density at radius 2 is 1.54 bits per heavy atom. The molecule has 0 saturated heterocycles. The van der Waals surface area contributed by atoms with E-state index in [1.54, 1.807) is 0 Å². The highest BCUT2D eigenvalue weighted by Crippen LogP contribution is 2.27. The van der Waals surface area contributed by atoms with Crippen LogP contribution in [0.25, 0.3) is 0 Å². The van der Waals surface area contributed by atoms with Crippen molar-refractivity contribution in [3.05, 3.63) is 93.7 Å². The summed E-state index contributed by atoms with van der Waals surface area (Å²) >= 11 is 1.53. The van der Waals surface area contributed by atoms with Crippen LogP contribution >= 0.6 is 11.3 Å². The summed E-state index contributed by atoms with van der Waals surface area (Å²) in [5.41, 5.74) is 3.56. The van der Waals surface area contributed by atoms with E-state index in [0.29, 0.717) is 6.54 Å². The molecule has 2 atom stereocenters. The van der Waals surface area contributed by atoms with Crippen LogP contribution in [0.3, 0.4) is 0 Å². The molecule has 4 heteroatoms. The fourth-order valence-corrected chi connectivity index (χ4v) is 4.10. The van der Waals surface area contributed by atoms with Crippen LogP contribution in [0.1, 0.15) is 33.6 Å². The van der Waals surface area contributed by atoms with Crippen molar-refractivity contribution in [2.24, 2.45) is 0 Å². The van der Waals surface area contributed by atoms with Crippen LogP contribution in [-0.4, -0.2) is 29.4 Å². The summed E-state index contributed by atoms with van der Waals surface area (Å²) in [6, 6.07) is 22.2. The molecule has 0 saturated carbocycles. The Morgan fingerprint density at radius 1 is 0.962 bits per heavy atom. The van der Waals surface area contributed by atoms with Gasteiger partial charge in [0.1, 0.15) is 6.10 Å². The molecular formula is C22H25NO2S. The zero-order valence-electron chi connectivity index (χ0n) is 14.9. The van der Waals surface area contributed by atoms with E-state index >= 15 is 0 Å². The van der Waals surface area contributed by atoms with Crippen LogP contribution in [-0.2, 0) is 0 Å². The Hall–Kier alpha value is -1.98. The number of aliphatic hydroxyl groups excluding tert-OH is 2. The number of hydrogen-bond donors (Lipinski definition) is 3. The van der Waals surface area contributed by atoms with Crippen LogP contribution in [0, 0.1) is 6.92 Å². The van der Waals surface area contributed by atoms with Crippen molar-refractivity contribution in [1.82, 2.24) is 5.32 Å². The molecule has 0 amide bonds. The van der Waals surface area contributed by atoms with Crippen LogP contribution < -0.4 is 5.32 Å². The molecule has 1 aromatic heterocycles. The fourth-order valence-electron chi connectivity index (χ4n) is 3.15. The van der Waals surface area contributed by atoms with Crippen LogP contribution in [0.4, 0.5) is 0 Å². The molecule has 3 nitrogen and oxygen atoms in total. The summed E-state index contributed by atoms with van der Waals surface area (Å²) in [6.45, 7) is 2.53. The number of nitrogens with one attached hydrogen (secondary N) is 1. The van der Waals surface area contributed by atoms with Gasteiger partial charge in [0.2, 0.25) is 0 Å². The highest BCUT2D eigenvalue weighted by molar-refractivity contribution is 7.10. The van der Waals surface area contributed by atoms with Crippen molar-refractivity contribution in [1.29, 1.82) is 0 Å². The zero-order chi connectivity index (χ0) is 18.4.